The molecule has 5 aliphatic rings. The Morgan fingerprint density at radius 3 is 2.24 bits per heavy atom. The molecule has 1 saturated heterocycles. The highest BCUT2D eigenvalue weighted by molar-refractivity contribution is 5.16. The van der Waals surface area contributed by atoms with Crippen LogP contribution in [0.2, 0.25) is 0 Å². The molecule has 0 aromatic rings. The quantitative estimate of drug-likeness (QED) is 0.637. The van der Waals surface area contributed by atoms with E-state index in [0.29, 0.717) is 28.7 Å². The van der Waals surface area contributed by atoms with Crippen molar-refractivity contribution in [2.24, 2.45) is 52.1 Å². The van der Waals surface area contributed by atoms with E-state index in [4.69, 9.17) is 15.2 Å². The van der Waals surface area contributed by atoms with Crippen molar-refractivity contribution < 1.29 is 9.47 Å². The van der Waals surface area contributed by atoms with Gasteiger partial charge in [0.25, 0.3) is 0 Å². The van der Waals surface area contributed by atoms with Crippen LogP contribution in [0.25, 0.3) is 0 Å². The summed E-state index contributed by atoms with van der Waals surface area (Å²) in [5.41, 5.74) is 7.36. The summed E-state index contributed by atoms with van der Waals surface area (Å²) in [4.78, 5) is 0. The zero-order valence-electron chi connectivity index (χ0n) is 19.7. The molecule has 0 radical (unpaired) electrons. The Morgan fingerprint density at radius 2 is 1.52 bits per heavy atom. The SMILES string of the molecule is CC[C@@H](C)[C@H]1CCC2C3C(CC[C@@]21C)[C@@]1(C)CC[C@H](N)CC1[C@H]1OC(C)(C)O[C@H]31. The van der Waals surface area contributed by atoms with Crippen LogP contribution in [0.1, 0.15) is 92.9 Å². The highest BCUT2D eigenvalue weighted by Gasteiger charge is 2.68. The highest BCUT2D eigenvalue weighted by atomic mass is 16.8. The van der Waals surface area contributed by atoms with Crippen molar-refractivity contribution >= 4 is 0 Å². The van der Waals surface area contributed by atoms with Gasteiger partial charge in [-0.05, 0) is 105 Å². The van der Waals surface area contributed by atoms with E-state index < -0.39 is 5.79 Å². The lowest BCUT2D eigenvalue weighted by Gasteiger charge is -2.63. The smallest absolute Gasteiger partial charge is 0.163 e. The second kappa shape index (κ2) is 6.69. The van der Waals surface area contributed by atoms with Crippen LogP contribution < -0.4 is 5.73 Å². The van der Waals surface area contributed by atoms with Crippen molar-refractivity contribution in [1.29, 1.82) is 0 Å². The van der Waals surface area contributed by atoms with Crippen LogP contribution in [0, 0.1) is 46.3 Å². The predicted molar refractivity (Wildman–Crippen MR) is 117 cm³/mol. The Hall–Kier alpha value is -0.120. The number of nitrogens with two attached hydrogens (primary N) is 1. The van der Waals surface area contributed by atoms with Gasteiger partial charge >= 0.3 is 0 Å². The second-order valence-corrected chi connectivity index (χ2v) is 12.6. The number of hydrogen-bond donors (Lipinski definition) is 1. The fourth-order valence-corrected chi connectivity index (χ4v) is 9.47. The second-order valence-electron chi connectivity index (χ2n) is 12.6. The van der Waals surface area contributed by atoms with Gasteiger partial charge in [0.05, 0.1) is 12.2 Å². The number of ether oxygens (including phenoxy) is 2. The van der Waals surface area contributed by atoms with E-state index in [1.807, 2.05) is 0 Å². The van der Waals surface area contributed by atoms with Gasteiger partial charge in [0, 0.05) is 6.04 Å². The summed E-state index contributed by atoms with van der Waals surface area (Å²) < 4.78 is 13.4. The maximum Gasteiger partial charge on any atom is 0.163 e. The fraction of sp³-hybridized carbons (Fsp3) is 1.00. The molecule has 3 heteroatoms. The molecule has 0 aromatic heterocycles. The van der Waals surface area contributed by atoms with Gasteiger partial charge in [0.1, 0.15) is 0 Å². The topological polar surface area (TPSA) is 44.5 Å². The number of hydrogen-bond acceptors (Lipinski definition) is 3. The molecule has 4 aliphatic carbocycles. The average Bonchev–Trinajstić information content (AvgIpc) is 3.18. The lowest BCUT2D eigenvalue weighted by atomic mass is 9.43. The normalized spacial score (nSPS) is 56.8. The van der Waals surface area contributed by atoms with Gasteiger partial charge in [0.2, 0.25) is 0 Å². The van der Waals surface area contributed by atoms with Gasteiger partial charge in [0.15, 0.2) is 5.79 Å². The Bertz CT molecular complexity index is 649. The Kier molecular flexibility index (Phi) is 4.79. The van der Waals surface area contributed by atoms with Crippen molar-refractivity contribution in [3.8, 4) is 0 Å². The van der Waals surface area contributed by atoms with E-state index >= 15 is 0 Å². The first-order valence-corrected chi connectivity index (χ1v) is 12.7. The monoisotopic (exact) mass is 403 g/mol. The molecule has 0 aromatic carbocycles. The molecule has 5 rings (SSSR count). The van der Waals surface area contributed by atoms with Gasteiger partial charge in [-0.1, -0.05) is 34.1 Å². The first-order valence-electron chi connectivity index (χ1n) is 12.7. The molecule has 2 N–H and O–H groups in total. The molecule has 166 valence electrons. The van der Waals surface area contributed by atoms with E-state index in [-0.39, 0.29) is 12.2 Å². The minimum atomic E-state index is -0.449. The standard InChI is InChI=1S/C26H45NO2/c1-7-15(2)17-8-9-18-21-19(11-13-25(17,18)5)26(6)12-10-16(27)14-20(26)22-23(21)29-24(3,4)28-22/h15-23H,7-14,27H2,1-6H3/t15-,16+,17-,18?,19?,20?,21?,22-,23-,25-,26-/m1/s1. The third-order valence-electron chi connectivity index (χ3n) is 11.0. The molecule has 0 spiro atoms. The van der Waals surface area contributed by atoms with E-state index in [1.165, 1.54) is 44.9 Å². The molecular weight excluding hydrogens is 358 g/mol. The van der Waals surface area contributed by atoms with Crippen LogP contribution in [0.5, 0.6) is 0 Å². The van der Waals surface area contributed by atoms with Crippen molar-refractivity contribution in [2.45, 2.75) is 117 Å². The number of rotatable bonds is 2. The van der Waals surface area contributed by atoms with E-state index in [0.717, 1.165) is 30.1 Å². The van der Waals surface area contributed by atoms with Crippen molar-refractivity contribution in [3.05, 3.63) is 0 Å². The van der Waals surface area contributed by atoms with Crippen LogP contribution in [0.3, 0.4) is 0 Å². The minimum absolute atomic E-state index is 0.243. The zero-order valence-corrected chi connectivity index (χ0v) is 19.7. The molecule has 1 heterocycles. The lowest BCUT2D eigenvalue weighted by molar-refractivity contribution is -0.182. The van der Waals surface area contributed by atoms with Gasteiger partial charge in [-0.3, -0.25) is 0 Å². The summed E-state index contributed by atoms with van der Waals surface area (Å²) in [5.74, 6) is 4.10. The molecule has 4 unspecified atom stereocenters. The molecule has 11 atom stereocenters. The summed E-state index contributed by atoms with van der Waals surface area (Å²) in [6.45, 7) is 14.4. The maximum absolute atomic E-state index is 6.76. The van der Waals surface area contributed by atoms with Gasteiger partial charge in [-0.2, -0.15) is 0 Å². The average molecular weight is 404 g/mol. The third kappa shape index (κ3) is 2.85. The van der Waals surface area contributed by atoms with Gasteiger partial charge in [-0.15, -0.1) is 0 Å². The van der Waals surface area contributed by atoms with Gasteiger partial charge in [-0.25, -0.2) is 0 Å². The molecule has 0 amide bonds. The summed E-state index contributed by atoms with van der Waals surface area (Å²) >= 11 is 0. The van der Waals surface area contributed by atoms with Crippen molar-refractivity contribution in [2.75, 3.05) is 0 Å². The summed E-state index contributed by atoms with van der Waals surface area (Å²) in [6.07, 6.45) is 11.1. The highest BCUT2D eigenvalue weighted by Crippen LogP contribution is 2.70. The molecule has 4 saturated carbocycles. The van der Waals surface area contributed by atoms with Crippen LogP contribution >= 0.6 is 0 Å². The molecule has 3 nitrogen and oxygen atoms in total. The summed E-state index contributed by atoms with van der Waals surface area (Å²) in [6, 6.07) is 0.340. The van der Waals surface area contributed by atoms with E-state index in [2.05, 4.69) is 41.5 Å². The van der Waals surface area contributed by atoms with Crippen LogP contribution in [-0.2, 0) is 9.47 Å². The third-order valence-corrected chi connectivity index (χ3v) is 11.0. The fourth-order valence-electron chi connectivity index (χ4n) is 9.47. The molecule has 5 fully saturated rings. The van der Waals surface area contributed by atoms with Crippen LogP contribution in [0.4, 0.5) is 0 Å². The Morgan fingerprint density at radius 1 is 0.862 bits per heavy atom. The van der Waals surface area contributed by atoms with Crippen LogP contribution in [0.15, 0.2) is 0 Å². The molecule has 0 bridgehead atoms. The first kappa shape index (κ1) is 20.8. The first-order chi connectivity index (χ1) is 13.6. The summed E-state index contributed by atoms with van der Waals surface area (Å²) in [7, 11) is 0. The lowest BCUT2D eigenvalue weighted by Crippen LogP contribution is -2.63. The molecular formula is C26H45NO2. The zero-order chi connectivity index (χ0) is 20.8. The summed E-state index contributed by atoms with van der Waals surface area (Å²) in [5, 5.41) is 0. The molecule has 1 aliphatic heterocycles. The van der Waals surface area contributed by atoms with E-state index in [1.54, 1.807) is 0 Å². The largest absolute Gasteiger partial charge is 0.344 e. The van der Waals surface area contributed by atoms with Crippen molar-refractivity contribution in [3.63, 3.8) is 0 Å². The molecule has 29 heavy (non-hydrogen) atoms. The van der Waals surface area contributed by atoms with Gasteiger partial charge < -0.3 is 15.2 Å². The van der Waals surface area contributed by atoms with Crippen LogP contribution in [-0.4, -0.2) is 24.0 Å². The van der Waals surface area contributed by atoms with E-state index in [9.17, 15) is 0 Å². The Balaban J connectivity index is 1.55. The Labute approximate surface area is 178 Å². The minimum Gasteiger partial charge on any atom is -0.344 e. The predicted octanol–water partition coefficient (Wildman–Crippen LogP) is 5.76. The number of fused-ring (bicyclic) bond motifs is 8. The maximum atomic E-state index is 6.76. The van der Waals surface area contributed by atoms with Crippen molar-refractivity contribution in [1.82, 2.24) is 0 Å².